The lowest BCUT2D eigenvalue weighted by Gasteiger charge is -2.20. The molecule has 0 amide bonds. The number of pyridine rings is 1. The minimum atomic E-state index is 0.623. The Bertz CT molecular complexity index is 826. The van der Waals surface area contributed by atoms with E-state index in [2.05, 4.69) is 27.2 Å². The average molecular weight is 363 g/mol. The number of aromatic nitrogens is 3. The molecule has 0 aliphatic rings. The third-order valence-electron chi connectivity index (χ3n) is 4.23. The minimum absolute atomic E-state index is 0.623. The molecule has 1 aromatic carbocycles. The van der Waals surface area contributed by atoms with Gasteiger partial charge in [0.15, 0.2) is 5.82 Å². The van der Waals surface area contributed by atoms with Gasteiger partial charge in [-0.15, -0.1) is 0 Å². The van der Waals surface area contributed by atoms with Gasteiger partial charge in [0, 0.05) is 51.3 Å². The van der Waals surface area contributed by atoms with Crippen molar-refractivity contribution in [2.75, 3.05) is 44.1 Å². The molecule has 0 unspecified atom stereocenters. The van der Waals surface area contributed by atoms with Crippen LogP contribution in [0, 0.1) is 0 Å². The molecule has 27 heavy (non-hydrogen) atoms. The first-order valence-electron chi connectivity index (χ1n) is 9.03. The van der Waals surface area contributed by atoms with Crippen molar-refractivity contribution in [1.82, 2.24) is 15.0 Å². The number of anilines is 2. The third kappa shape index (κ3) is 5.49. The summed E-state index contributed by atoms with van der Waals surface area (Å²) in [5.74, 6) is 2.40. The van der Waals surface area contributed by atoms with Gasteiger partial charge in [0.25, 0.3) is 0 Å². The van der Waals surface area contributed by atoms with E-state index < -0.39 is 0 Å². The zero-order valence-electron chi connectivity index (χ0n) is 15.8. The number of rotatable bonds is 9. The maximum absolute atomic E-state index is 5.12. The summed E-state index contributed by atoms with van der Waals surface area (Å²) in [7, 11) is 3.74. The highest BCUT2D eigenvalue weighted by Crippen LogP contribution is 2.22. The molecule has 2 heterocycles. The molecule has 3 aromatic rings. The molecule has 0 bridgehead atoms. The molecule has 0 fully saturated rings. The summed E-state index contributed by atoms with van der Waals surface area (Å²) in [6, 6.07) is 16.1. The maximum Gasteiger partial charge on any atom is 0.163 e. The van der Waals surface area contributed by atoms with E-state index in [4.69, 9.17) is 9.72 Å². The lowest BCUT2D eigenvalue weighted by molar-refractivity contribution is 0.210. The molecule has 0 aliphatic carbocycles. The lowest BCUT2D eigenvalue weighted by atomic mass is 10.2. The van der Waals surface area contributed by atoms with Crippen LogP contribution < -0.4 is 10.2 Å². The Hall–Kier alpha value is -2.99. The first kappa shape index (κ1) is 18.8. The first-order chi connectivity index (χ1) is 13.3. The number of nitrogens with zero attached hydrogens (tertiary/aromatic N) is 4. The van der Waals surface area contributed by atoms with E-state index in [0.29, 0.717) is 19.0 Å². The summed E-state index contributed by atoms with van der Waals surface area (Å²) in [5, 5.41) is 3.31. The van der Waals surface area contributed by atoms with E-state index >= 15 is 0 Å². The number of benzene rings is 1. The van der Waals surface area contributed by atoms with E-state index in [0.717, 1.165) is 30.2 Å². The first-order valence-corrected chi connectivity index (χ1v) is 9.03. The van der Waals surface area contributed by atoms with Gasteiger partial charge in [-0.2, -0.15) is 0 Å². The topological polar surface area (TPSA) is 63.2 Å². The Morgan fingerprint density at radius 2 is 1.81 bits per heavy atom. The normalized spacial score (nSPS) is 10.6. The van der Waals surface area contributed by atoms with Gasteiger partial charge in [0.05, 0.1) is 6.61 Å². The number of likely N-dealkylation sites (N-methyl/N-ethyl adjacent to an activating group) is 1. The summed E-state index contributed by atoms with van der Waals surface area (Å²) < 4.78 is 5.12. The number of ether oxygens (including phenoxy) is 1. The van der Waals surface area contributed by atoms with Crippen LogP contribution in [-0.4, -0.2) is 48.8 Å². The Kier molecular flexibility index (Phi) is 6.71. The predicted molar refractivity (Wildman–Crippen MR) is 109 cm³/mol. The Balaban J connectivity index is 1.80. The Morgan fingerprint density at radius 3 is 2.56 bits per heavy atom. The van der Waals surface area contributed by atoms with Crippen LogP contribution in [0.2, 0.25) is 0 Å². The summed E-state index contributed by atoms with van der Waals surface area (Å²) in [6.07, 6.45) is 4.58. The second-order valence-electron chi connectivity index (χ2n) is 6.25. The van der Waals surface area contributed by atoms with Gasteiger partial charge in [0.2, 0.25) is 0 Å². The highest BCUT2D eigenvalue weighted by atomic mass is 16.5. The van der Waals surface area contributed by atoms with Gasteiger partial charge in [-0.3, -0.25) is 4.98 Å². The predicted octanol–water partition coefficient (Wildman–Crippen LogP) is 3.28. The van der Waals surface area contributed by atoms with Crippen LogP contribution >= 0.6 is 0 Å². The monoisotopic (exact) mass is 363 g/mol. The number of hydrogen-bond donors (Lipinski definition) is 1. The van der Waals surface area contributed by atoms with Crippen molar-refractivity contribution in [2.45, 2.75) is 6.42 Å². The van der Waals surface area contributed by atoms with Crippen molar-refractivity contribution in [3.8, 4) is 11.4 Å². The SMILES string of the molecule is COCCNc1cc(N(C)CCc2ccncc2)nc(-c2ccccc2)n1. The van der Waals surface area contributed by atoms with Crippen LogP contribution in [0.5, 0.6) is 0 Å². The second kappa shape index (κ2) is 9.64. The average Bonchev–Trinajstić information content (AvgIpc) is 2.73. The molecule has 3 rings (SSSR count). The van der Waals surface area contributed by atoms with Crippen LogP contribution in [-0.2, 0) is 11.2 Å². The van der Waals surface area contributed by atoms with Crippen LogP contribution in [0.25, 0.3) is 11.4 Å². The molecular formula is C21H25N5O. The van der Waals surface area contributed by atoms with Crippen molar-refractivity contribution in [1.29, 1.82) is 0 Å². The van der Waals surface area contributed by atoms with E-state index in [9.17, 15) is 0 Å². The maximum atomic E-state index is 5.12. The highest BCUT2D eigenvalue weighted by Gasteiger charge is 2.10. The zero-order valence-corrected chi connectivity index (χ0v) is 15.8. The van der Waals surface area contributed by atoms with Crippen LogP contribution in [0.4, 0.5) is 11.6 Å². The van der Waals surface area contributed by atoms with E-state index in [1.54, 1.807) is 7.11 Å². The summed E-state index contributed by atoms with van der Waals surface area (Å²) >= 11 is 0. The fourth-order valence-electron chi connectivity index (χ4n) is 2.68. The largest absolute Gasteiger partial charge is 0.383 e. The van der Waals surface area contributed by atoms with E-state index in [-0.39, 0.29) is 0 Å². The molecule has 0 atom stereocenters. The second-order valence-corrected chi connectivity index (χ2v) is 6.25. The summed E-state index contributed by atoms with van der Waals surface area (Å²) in [4.78, 5) is 15.7. The van der Waals surface area contributed by atoms with Crippen molar-refractivity contribution >= 4 is 11.6 Å². The zero-order chi connectivity index (χ0) is 18.9. The minimum Gasteiger partial charge on any atom is -0.383 e. The van der Waals surface area contributed by atoms with Gasteiger partial charge >= 0.3 is 0 Å². The Labute approximate surface area is 160 Å². The lowest BCUT2D eigenvalue weighted by Crippen LogP contribution is -2.22. The van der Waals surface area contributed by atoms with Gasteiger partial charge in [0.1, 0.15) is 11.6 Å². The molecule has 0 aliphatic heterocycles. The van der Waals surface area contributed by atoms with Crippen molar-refractivity contribution in [2.24, 2.45) is 0 Å². The van der Waals surface area contributed by atoms with Crippen LogP contribution in [0.1, 0.15) is 5.56 Å². The van der Waals surface area contributed by atoms with Gasteiger partial charge in [-0.05, 0) is 24.1 Å². The molecule has 2 aromatic heterocycles. The van der Waals surface area contributed by atoms with E-state index in [1.807, 2.05) is 60.9 Å². The molecule has 0 saturated heterocycles. The number of nitrogens with one attached hydrogen (secondary N) is 1. The smallest absolute Gasteiger partial charge is 0.163 e. The van der Waals surface area contributed by atoms with Gasteiger partial charge in [-0.25, -0.2) is 9.97 Å². The van der Waals surface area contributed by atoms with Crippen molar-refractivity contribution < 1.29 is 4.74 Å². The third-order valence-corrected chi connectivity index (χ3v) is 4.23. The molecular weight excluding hydrogens is 338 g/mol. The summed E-state index contributed by atoms with van der Waals surface area (Å²) in [5.41, 5.74) is 2.25. The van der Waals surface area contributed by atoms with Crippen LogP contribution in [0.15, 0.2) is 60.9 Å². The number of methoxy groups -OCH3 is 1. The standard InChI is InChI=1S/C21H25N5O/c1-26(14-10-17-8-11-22-12-9-17)20-16-19(23-13-15-27-2)24-21(25-20)18-6-4-3-5-7-18/h3-9,11-12,16H,10,13-15H2,1-2H3,(H,23,24,25). The molecule has 0 saturated carbocycles. The van der Waals surface area contributed by atoms with Gasteiger partial charge < -0.3 is 15.0 Å². The summed E-state index contributed by atoms with van der Waals surface area (Å²) in [6.45, 7) is 2.17. The fraction of sp³-hybridized carbons (Fsp3) is 0.286. The van der Waals surface area contributed by atoms with Crippen molar-refractivity contribution in [3.05, 3.63) is 66.5 Å². The highest BCUT2D eigenvalue weighted by molar-refractivity contribution is 5.61. The number of hydrogen-bond acceptors (Lipinski definition) is 6. The Morgan fingerprint density at radius 1 is 1.04 bits per heavy atom. The fourth-order valence-corrected chi connectivity index (χ4v) is 2.68. The van der Waals surface area contributed by atoms with Crippen molar-refractivity contribution in [3.63, 3.8) is 0 Å². The van der Waals surface area contributed by atoms with E-state index in [1.165, 1.54) is 5.56 Å². The molecule has 0 radical (unpaired) electrons. The molecule has 0 spiro atoms. The van der Waals surface area contributed by atoms with Crippen LogP contribution in [0.3, 0.4) is 0 Å². The molecule has 1 N–H and O–H groups in total. The molecule has 6 heteroatoms. The molecule has 6 nitrogen and oxygen atoms in total. The molecule has 140 valence electrons. The quantitative estimate of drug-likeness (QED) is 0.589. The van der Waals surface area contributed by atoms with Gasteiger partial charge in [-0.1, -0.05) is 30.3 Å².